The van der Waals surface area contributed by atoms with Crippen LogP contribution in [0, 0.1) is 10.1 Å². The van der Waals surface area contributed by atoms with Crippen LogP contribution < -0.4 is 0 Å². The average Bonchev–Trinajstić information content (AvgIpc) is 3.14. The van der Waals surface area contributed by atoms with Crippen LogP contribution in [0.4, 0.5) is 5.69 Å². The Hall–Kier alpha value is -1.64. The third kappa shape index (κ3) is 4.31. The maximum Gasteiger partial charge on any atom is 0.282 e. The fourth-order valence-electron chi connectivity index (χ4n) is 3.35. The molecule has 8 heteroatoms. The molecule has 2 heterocycles. The molecule has 25 heavy (non-hydrogen) atoms. The third-order valence-electron chi connectivity index (χ3n) is 4.78. The molecule has 1 amide bonds. The molecule has 0 radical (unpaired) electrons. The van der Waals surface area contributed by atoms with Gasteiger partial charge in [0.2, 0.25) is 0 Å². The van der Waals surface area contributed by atoms with Gasteiger partial charge in [-0.2, -0.15) is 0 Å². The number of amides is 1. The lowest BCUT2D eigenvalue weighted by atomic mass is 10.1. The van der Waals surface area contributed by atoms with Crippen LogP contribution >= 0.6 is 11.8 Å². The predicted molar refractivity (Wildman–Crippen MR) is 96.2 cm³/mol. The van der Waals surface area contributed by atoms with Gasteiger partial charge in [-0.15, -0.1) is 11.8 Å². The van der Waals surface area contributed by atoms with Crippen molar-refractivity contribution in [2.24, 2.45) is 0 Å². The lowest BCUT2D eigenvalue weighted by Gasteiger charge is -2.35. The van der Waals surface area contributed by atoms with E-state index in [2.05, 4.69) is 4.90 Å². The Morgan fingerprint density at radius 1 is 1.36 bits per heavy atom. The van der Waals surface area contributed by atoms with Crippen LogP contribution in [0.15, 0.2) is 23.1 Å². The van der Waals surface area contributed by atoms with Crippen LogP contribution in [-0.4, -0.2) is 72.3 Å². The van der Waals surface area contributed by atoms with Crippen molar-refractivity contribution >= 4 is 23.4 Å². The summed E-state index contributed by atoms with van der Waals surface area (Å²) < 4.78 is 5.67. The lowest BCUT2D eigenvalue weighted by molar-refractivity contribution is -0.385. The van der Waals surface area contributed by atoms with Gasteiger partial charge >= 0.3 is 0 Å². The highest BCUT2D eigenvalue weighted by molar-refractivity contribution is 7.98. The molecule has 2 aliphatic rings. The normalized spacial score (nSPS) is 21.5. The minimum atomic E-state index is -0.481. The number of nitrogens with zero attached hydrogens (tertiary/aromatic N) is 3. The Labute approximate surface area is 151 Å². The molecule has 2 aliphatic heterocycles. The Morgan fingerprint density at radius 3 is 2.72 bits per heavy atom. The molecule has 0 saturated carbocycles. The average molecular weight is 365 g/mol. The zero-order chi connectivity index (χ0) is 17.8. The molecule has 0 N–H and O–H groups in total. The topological polar surface area (TPSA) is 75.9 Å². The summed E-state index contributed by atoms with van der Waals surface area (Å²) in [5.41, 5.74) is 0.0639. The van der Waals surface area contributed by atoms with Gasteiger partial charge in [-0.25, -0.2) is 0 Å². The third-order valence-corrected chi connectivity index (χ3v) is 5.50. The van der Waals surface area contributed by atoms with Crippen LogP contribution in [0.2, 0.25) is 0 Å². The molecule has 1 aromatic rings. The van der Waals surface area contributed by atoms with Gasteiger partial charge in [0, 0.05) is 50.3 Å². The van der Waals surface area contributed by atoms with Crippen molar-refractivity contribution in [2.75, 3.05) is 45.6 Å². The summed E-state index contributed by atoms with van der Waals surface area (Å²) in [6.07, 6.45) is 4.42. The summed E-state index contributed by atoms with van der Waals surface area (Å²) >= 11 is 1.47. The first-order valence-electron chi connectivity index (χ1n) is 8.54. The SMILES string of the molecule is CSc1ccc([N+](=O)[O-])c(C(=O)N2CCN(CC3CCCO3)CC2)c1. The Kier molecular flexibility index (Phi) is 5.93. The van der Waals surface area contributed by atoms with E-state index in [4.69, 9.17) is 4.74 Å². The molecule has 0 spiro atoms. The molecule has 2 fully saturated rings. The highest BCUT2D eigenvalue weighted by Crippen LogP contribution is 2.26. The maximum atomic E-state index is 12.8. The number of carbonyl (C=O) groups excluding carboxylic acids is 1. The van der Waals surface area contributed by atoms with E-state index in [1.807, 2.05) is 6.26 Å². The highest BCUT2D eigenvalue weighted by atomic mass is 32.2. The number of ether oxygens (including phenoxy) is 1. The second-order valence-electron chi connectivity index (χ2n) is 6.37. The van der Waals surface area contributed by atoms with Crippen molar-refractivity contribution in [1.82, 2.24) is 9.80 Å². The molecular formula is C17H23N3O4S. The van der Waals surface area contributed by atoms with Gasteiger partial charge in [0.05, 0.1) is 11.0 Å². The summed E-state index contributed by atoms with van der Waals surface area (Å²) in [6, 6.07) is 4.73. The number of piperazine rings is 1. The van der Waals surface area contributed by atoms with Crippen molar-refractivity contribution in [3.8, 4) is 0 Å². The van der Waals surface area contributed by atoms with E-state index in [0.717, 1.165) is 44.0 Å². The van der Waals surface area contributed by atoms with Gasteiger partial charge in [-0.3, -0.25) is 19.8 Å². The summed E-state index contributed by atoms with van der Waals surface area (Å²) in [5, 5.41) is 11.3. The number of rotatable bonds is 5. The van der Waals surface area contributed by atoms with Crippen molar-refractivity contribution in [2.45, 2.75) is 23.8 Å². The summed E-state index contributed by atoms with van der Waals surface area (Å²) in [7, 11) is 0. The molecule has 0 aliphatic carbocycles. The Balaban J connectivity index is 1.65. The smallest absolute Gasteiger partial charge is 0.282 e. The number of hydrogen-bond acceptors (Lipinski definition) is 6. The molecule has 1 aromatic carbocycles. The van der Waals surface area contributed by atoms with E-state index in [9.17, 15) is 14.9 Å². The van der Waals surface area contributed by atoms with E-state index in [1.165, 1.54) is 17.8 Å². The molecule has 7 nitrogen and oxygen atoms in total. The van der Waals surface area contributed by atoms with Crippen LogP contribution in [0.3, 0.4) is 0 Å². The molecule has 1 atom stereocenters. The molecule has 0 aromatic heterocycles. The molecule has 2 saturated heterocycles. The van der Waals surface area contributed by atoms with Gasteiger partial charge in [-0.05, 0) is 31.2 Å². The van der Waals surface area contributed by atoms with Gasteiger partial charge < -0.3 is 9.64 Å². The minimum Gasteiger partial charge on any atom is -0.377 e. The predicted octanol–water partition coefficient (Wildman–Crippen LogP) is 2.25. The van der Waals surface area contributed by atoms with Crippen molar-refractivity contribution in [3.63, 3.8) is 0 Å². The van der Waals surface area contributed by atoms with Gasteiger partial charge in [0.1, 0.15) is 5.56 Å². The lowest BCUT2D eigenvalue weighted by Crippen LogP contribution is -2.50. The van der Waals surface area contributed by atoms with Crippen LogP contribution in [0.1, 0.15) is 23.2 Å². The van der Waals surface area contributed by atoms with Crippen molar-refractivity contribution < 1.29 is 14.5 Å². The molecular weight excluding hydrogens is 342 g/mol. The zero-order valence-corrected chi connectivity index (χ0v) is 15.2. The number of benzene rings is 1. The van der Waals surface area contributed by atoms with E-state index in [1.54, 1.807) is 17.0 Å². The zero-order valence-electron chi connectivity index (χ0n) is 14.3. The number of nitro groups is 1. The molecule has 136 valence electrons. The standard InChI is InChI=1S/C17H23N3O4S/c1-25-14-4-5-16(20(22)23)15(11-14)17(21)19-8-6-18(7-9-19)12-13-3-2-10-24-13/h4-5,11,13H,2-3,6-10,12H2,1H3. The fraction of sp³-hybridized carbons (Fsp3) is 0.588. The number of carbonyl (C=O) groups is 1. The van der Waals surface area contributed by atoms with E-state index < -0.39 is 4.92 Å². The summed E-state index contributed by atoms with van der Waals surface area (Å²) in [4.78, 5) is 28.5. The fourth-order valence-corrected chi connectivity index (χ4v) is 3.79. The second kappa shape index (κ2) is 8.16. The number of nitro benzene ring substituents is 1. The summed E-state index contributed by atoms with van der Waals surface area (Å²) in [6.45, 7) is 4.49. The second-order valence-corrected chi connectivity index (χ2v) is 7.25. The highest BCUT2D eigenvalue weighted by Gasteiger charge is 2.29. The Morgan fingerprint density at radius 2 is 2.12 bits per heavy atom. The van der Waals surface area contributed by atoms with E-state index in [-0.39, 0.29) is 17.2 Å². The van der Waals surface area contributed by atoms with E-state index in [0.29, 0.717) is 19.2 Å². The van der Waals surface area contributed by atoms with Gasteiger partial charge in [-0.1, -0.05) is 0 Å². The van der Waals surface area contributed by atoms with Crippen LogP contribution in [-0.2, 0) is 4.74 Å². The maximum absolute atomic E-state index is 12.8. The monoisotopic (exact) mass is 365 g/mol. The largest absolute Gasteiger partial charge is 0.377 e. The van der Waals surface area contributed by atoms with Crippen molar-refractivity contribution in [1.29, 1.82) is 0 Å². The van der Waals surface area contributed by atoms with Gasteiger partial charge in [0.25, 0.3) is 11.6 Å². The molecule has 1 unspecified atom stereocenters. The van der Waals surface area contributed by atoms with Crippen molar-refractivity contribution in [3.05, 3.63) is 33.9 Å². The van der Waals surface area contributed by atoms with E-state index >= 15 is 0 Å². The van der Waals surface area contributed by atoms with Gasteiger partial charge in [0.15, 0.2) is 0 Å². The quantitative estimate of drug-likeness (QED) is 0.453. The first-order valence-corrected chi connectivity index (χ1v) is 9.76. The summed E-state index contributed by atoms with van der Waals surface area (Å²) in [5.74, 6) is -0.251. The molecule has 3 rings (SSSR count). The molecule has 0 bridgehead atoms. The first-order chi connectivity index (χ1) is 12.1. The number of thioether (sulfide) groups is 1. The first kappa shape index (κ1) is 18.2. The van der Waals surface area contributed by atoms with Crippen LogP contribution in [0.5, 0.6) is 0 Å². The number of hydrogen-bond donors (Lipinski definition) is 0. The Bertz CT molecular complexity index is 641. The minimum absolute atomic E-state index is 0.121. The van der Waals surface area contributed by atoms with Crippen LogP contribution in [0.25, 0.3) is 0 Å².